The van der Waals surface area contributed by atoms with Gasteiger partial charge in [-0.15, -0.1) is 11.3 Å². The Morgan fingerprint density at radius 3 is 2.85 bits per heavy atom. The number of carbonyl (C=O) groups excluding carboxylic acids is 1. The van der Waals surface area contributed by atoms with Crippen molar-refractivity contribution in [1.82, 2.24) is 4.98 Å². The highest BCUT2D eigenvalue weighted by Gasteiger charge is 2.37. The van der Waals surface area contributed by atoms with Crippen LogP contribution in [-0.4, -0.2) is 11.3 Å². The molecule has 70 valence electrons. The molecule has 2 rings (SSSR count). The van der Waals surface area contributed by atoms with Gasteiger partial charge in [0.2, 0.25) is 0 Å². The van der Waals surface area contributed by atoms with Crippen molar-refractivity contribution in [3.05, 3.63) is 16.1 Å². The van der Waals surface area contributed by atoms with Crippen molar-refractivity contribution >= 4 is 17.6 Å². The second kappa shape index (κ2) is 3.22. The molecule has 1 aromatic rings. The molecule has 1 aromatic heterocycles. The van der Waals surface area contributed by atoms with Crippen molar-refractivity contribution in [2.45, 2.75) is 32.6 Å². The Bertz CT molecular complexity index is 314. The average molecular weight is 195 g/mol. The number of aryl methyl sites for hydroxylation is 1. The first kappa shape index (κ1) is 8.88. The molecule has 1 aliphatic carbocycles. The third-order valence-electron chi connectivity index (χ3n) is 2.79. The van der Waals surface area contributed by atoms with Crippen LogP contribution in [0.1, 0.15) is 29.1 Å². The molecule has 2 nitrogen and oxygen atoms in total. The van der Waals surface area contributed by atoms with E-state index in [1.165, 1.54) is 11.3 Å². The molecule has 1 heterocycles. The molecule has 0 aliphatic heterocycles. The lowest BCUT2D eigenvalue weighted by atomic mass is 9.68. The van der Waals surface area contributed by atoms with E-state index in [1.807, 2.05) is 13.1 Å². The van der Waals surface area contributed by atoms with E-state index in [-0.39, 0.29) is 5.41 Å². The van der Waals surface area contributed by atoms with Crippen LogP contribution in [0, 0.1) is 12.3 Å². The molecule has 0 unspecified atom stereocenters. The molecule has 0 N–H and O–H groups in total. The molecule has 13 heavy (non-hydrogen) atoms. The Kier molecular flexibility index (Phi) is 2.20. The normalized spacial score (nSPS) is 19.5. The summed E-state index contributed by atoms with van der Waals surface area (Å²) < 4.78 is 0. The minimum Gasteiger partial charge on any atom is -0.303 e. The number of aromatic nitrogens is 1. The van der Waals surface area contributed by atoms with E-state index in [0.717, 1.165) is 30.6 Å². The van der Waals surface area contributed by atoms with Gasteiger partial charge in [0.15, 0.2) is 0 Å². The van der Waals surface area contributed by atoms with Crippen LogP contribution in [-0.2, 0) is 11.2 Å². The zero-order chi connectivity index (χ0) is 9.31. The third-order valence-corrected chi connectivity index (χ3v) is 3.71. The molecule has 3 heteroatoms. The molecule has 1 saturated carbocycles. The average Bonchev–Trinajstić information content (AvgIpc) is 2.44. The summed E-state index contributed by atoms with van der Waals surface area (Å²) in [4.78, 5) is 16.4. The van der Waals surface area contributed by atoms with Crippen molar-refractivity contribution in [3.8, 4) is 0 Å². The fourth-order valence-electron chi connectivity index (χ4n) is 1.80. The largest absolute Gasteiger partial charge is 0.303 e. The quantitative estimate of drug-likeness (QED) is 0.693. The lowest BCUT2D eigenvalue weighted by Crippen LogP contribution is -2.32. The zero-order valence-corrected chi connectivity index (χ0v) is 8.56. The maximum atomic E-state index is 10.9. The molecule has 1 aliphatic rings. The third kappa shape index (κ3) is 1.66. The van der Waals surface area contributed by atoms with Crippen LogP contribution in [0.2, 0.25) is 0 Å². The van der Waals surface area contributed by atoms with E-state index in [2.05, 4.69) is 4.98 Å². The highest BCUT2D eigenvalue weighted by atomic mass is 32.1. The van der Waals surface area contributed by atoms with Crippen LogP contribution >= 0.6 is 11.3 Å². The fraction of sp³-hybridized carbons (Fsp3) is 0.600. The van der Waals surface area contributed by atoms with Gasteiger partial charge in [0.05, 0.1) is 5.01 Å². The first-order valence-corrected chi connectivity index (χ1v) is 5.43. The number of nitrogens with zero attached hydrogens (tertiary/aromatic N) is 1. The van der Waals surface area contributed by atoms with Gasteiger partial charge >= 0.3 is 0 Å². The molecule has 0 saturated heterocycles. The second-order valence-corrected chi connectivity index (χ2v) is 5.18. The highest BCUT2D eigenvalue weighted by molar-refractivity contribution is 7.11. The van der Waals surface area contributed by atoms with E-state index >= 15 is 0 Å². The van der Waals surface area contributed by atoms with Gasteiger partial charge in [-0.2, -0.15) is 0 Å². The van der Waals surface area contributed by atoms with Crippen LogP contribution in [0.4, 0.5) is 0 Å². The maximum Gasteiger partial charge on any atom is 0.126 e. The molecule has 0 spiro atoms. The number of hydrogen-bond acceptors (Lipinski definition) is 3. The SMILES string of the molecule is Cc1ncc(CC2(C=O)CCC2)s1. The Balaban J connectivity index is 2.08. The number of hydrogen-bond donors (Lipinski definition) is 0. The van der Waals surface area contributed by atoms with E-state index in [0.29, 0.717) is 0 Å². The van der Waals surface area contributed by atoms with Gasteiger partial charge in [0.1, 0.15) is 6.29 Å². The summed E-state index contributed by atoms with van der Waals surface area (Å²) in [5.41, 5.74) is -0.0288. The highest BCUT2D eigenvalue weighted by Crippen LogP contribution is 2.42. The molecular formula is C10H13NOS. The van der Waals surface area contributed by atoms with Gasteiger partial charge in [0.25, 0.3) is 0 Å². The standard InChI is InChI=1S/C10H13NOS/c1-8-11-6-9(13-8)5-10(7-12)3-2-4-10/h6-7H,2-5H2,1H3. The minimum absolute atomic E-state index is 0.0288. The lowest BCUT2D eigenvalue weighted by molar-refractivity contribution is -0.120. The fourth-order valence-corrected chi connectivity index (χ4v) is 2.75. The van der Waals surface area contributed by atoms with E-state index in [9.17, 15) is 4.79 Å². The maximum absolute atomic E-state index is 10.9. The predicted octanol–water partition coefficient (Wildman–Crippen LogP) is 2.36. The van der Waals surface area contributed by atoms with Crippen molar-refractivity contribution < 1.29 is 4.79 Å². The lowest BCUT2D eigenvalue weighted by Gasteiger charge is -2.36. The molecular weight excluding hydrogens is 182 g/mol. The first-order valence-electron chi connectivity index (χ1n) is 4.62. The van der Waals surface area contributed by atoms with Gasteiger partial charge in [-0.05, 0) is 26.2 Å². The summed E-state index contributed by atoms with van der Waals surface area (Å²) in [6.45, 7) is 2.00. The van der Waals surface area contributed by atoms with Crippen molar-refractivity contribution in [1.29, 1.82) is 0 Å². The van der Waals surface area contributed by atoms with Crippen molar-refractivity contribution in [3.63, 3.8) is 0 Å². The van der Waals surface area contributed by atoms with Gasteiger partial charge in [-0.25, -0.2) is 4.98 Å². The van der Waals surface area contributed by atoms with E-state index in [4.69, 9.17) is 0 Å². The van der Waals surface area contributed by atoms with Gasteiger partial charge in [0, 0.05) is 16.5 Å². The molecule has 0 amide bonds. The predicted molar refractivity (Wildman–Crippen MR) is 52.9 cm³/mol. The zero-order valence-electron chi connectivity index (χ0n) is 7.75. The van der Waals surface area contributed by atoms with Crippen LogP contribution in [0.3, 0.4) is 0 Å². The monoisotopic (exact) mass is 195 g/mol. The summed E-state index contributed by atoms with van der Waals surface area (Å²) in [7, 11) is 0. The molecule has 0 atom stereocenters. The number of thiazole rings is 1. The van der Waals surface area contributed by atoms with Gasteiger partial charge < -0.3 is 4.79 Å². The first-order chi connectivity index (χ1) is 6.24. The summed E-state index contributed by atoms with van der Waals surface area (Å²) in [5.74, 6) is 0. The summed E-state index contributed by atoms with van der Waals surface area (Å²) >= 11 is 1.71. The Hall–Kier alpha value is -0.700. The van der Waals surface area contributed by atoms with Crippen LogP contribution in [0.25, 0.3) is 0 Å². The number of carbonyl (C=O) groups is 1. The van der Waals surface area contributed by atoms with Gasteiger partial charge in [-0.3, -0.25) is 0 Å². The molecule has 0 radical (unpaired) electrons. The van der Waals surface area contributed by atoms with Crippen LogP contribution in [0.15, 0.2) is 6.20 Å². The summed E-state index contributed by atoms with van der Waals surface area (Å²) in [6.07, 6.45) is 7.29. The van der Waals surface area contributed by atoms with Crippen LogP contribution < -0.4 is 0 Å². The second-order valence-electron chi connectivity index (χ2n) is 3.86. The van der Waals surface area contributed by atoms with Crippen molar-refractivity contribution in [2.24, 2.45) is 5.41 Å². The topological polar surface area (TPSA) is 30.0 Å². The minimum atomic E-state index is -0.0288. The van der Waals surface area contributed by atoms with Crippen molar-refractivity contribution in [2.75, 3.05) is 0 Å². The smallest absolute Gasteiger partial charge is 0.126 e. The van der Waals surface area contributed by atoms with E-state index in [1.54, 1.807) is 11.3 Å². The molecule has 0 aromatic carbocycles. The van der Waals surface area contributed by atoms with Gasteiger partial charge in [-0.1, -0.05) is 6.42 Å². The molecule has 1 fully saturated rings. The van der Waals surface area contributed by atoms with Crippen LogP contribution in [0.5, 0.6) is 0 Å². The molecule has 0 bridgehead atoms. The van der Waals surface area contributed by atoms with E-state index < -0.39 is 0 Å². The number of aldehydes is 1. The Morgan fingerprint density at radius 2 is 2.46 bits per heavy atom. The number of rotatable bonds is 3. The summed E-state index contributed by atoms with van der Waals surface area (Å²) in [6, 6.07) is 0. The Labute approximate surface area is 82.0 Å². The summed E-state index contributed by atoms with van der Waals surface area (Å²) in [5, 5.41) is 1.09. The Morgan fingerprint density at radius 1 is 1.69 bits per heavy atom.